The smallest absolute Gasteiger partial charge is 0.235 e. The predicted octanol–water partition coefficient (Wildman–Crippen LogP) is 0.780. The van der Waals surface area contributed by atoms with Crippen molar-refractivity contribution < 1.29 is 13.2 Å². The molecule has 0 saturated heterocycles. The molecule has 0 aliphatic rings. The summed E-state index contributed by atoms with van der Waals surface area (Å²) in [6, 6.07) is 9.72. The minimum absolute atomic E-state index is 0.000888. The number of carbonyl (C=O) groups excluding carboxylic acids is 1. The Morgan fingerprint density at radius 3 is 2.47 bits per heavy atom. The Morgan fingerprint density at radius 1 is 1.24 bits per heavy atom. The van der Waals surface area contributed by atoms with Crippen molar-refractivity contribution in [3.05, 3.63) is 35.9 Å². The van der Waals surface area contributed by atoms with Gasteiger partial charge in [0.2, 0.25) is 5.91 Å². The van der Waals surface area contributed by atoms with Gasteiger partial charge in [-0.2, -0.15) is 0 Å². The number of hydrogen-bond acceptors (Lipinski definition) is 3. The van der Waals surface area contributed by atoms with E-state index in [1.807, 2.05) is 30.3 Å². The molecule has 0 aliphatic heterocycles. The summed E-state index contributed by atoms with van der Waals surface area (Å²) in [4.78, 5) is 11.3. The molecule has 0 unspecified atom stereocenters. The van der Waals surface area contributed by atoms with Gasteiger partial charge in [-0.25, -0.2) is 8.42 Å². The standard InChI is InChI=1S/C12H17NO3S/c1-2-17(15,16)10-12(14)13-9-8-11-6-4-3-5-7-11/h3-7H,2,8-10H2,1H3,(H,13,14). The number of benzene rings is 1. The average molecular weight is 255 g/mol. The number of carbonyl (C=O) groups is 1. The summed E-state index contributed by atoms with van der Waals surface area (Å²) in [6.45, 7) is 1.99. The molecule has 17 heavy (non-hydrogen) atoms. The quantitative estimate of drug-likeness (QED) is 0.817. The van der Waals surface area contributed by atoms with Crippen LogP contribution in [0.4, 0.5) is 0 Å². The second kappa shape index (κ2) is 6.39. The summed E-state index contributed by atoms with van der Waals surface area (Å²) < 4.78 is 22.4. The van der Waals surface area contributed by atoms with E-state index in [2.05, 4.69) is 5.32 Å². The lowest BCUT2D eigenvalue weighted by Gasteiger charge is -2.05. The summed E-state index contributed by atoms with van der Waals surface area (Å²) in [5.41, 5.74) is 1.12. The third-order valence-electron chi connectivity index (χ3n) is 2.37. The molecule has 0 aromatic heterocycles. The first-order valence-electron chi connectivity index (χ1n) is 5.54. The maximum Gasteiger partial charge on any atom is 0.235 e. The number of sulfone groups is 1. The van der Waals surface area contributed by atoms with Gasteiger partial charge in [0.25, 0.3) is 0 Å². The van der Waals surface area contributed by atoms with Crippen LogP contribution in [0.2, 0.25) is 0 Å². The largest absolute Gasteiger partial charge is 0.355 e. The fourth-order valence-corrected chi connectivity index (χ4v) is 2.05. The summed E-state index contributed by atoms with van der Waals surface area (Å²) >= 11 is 0. The number of hydrogen-bond donors (Lipinski definition) is 1. The zero-order valence-corrected chi connectivity index (χ0v) is 10.7. The fourth-order valence-electron chi connectivity index (χ4n) is 1.34. The van der Waals surface area contributed by atoms with E-state index in [0.29, 0.717) is 13.0 Å². The second-order valence-electron chi connectivity index (χ2n) is 3.76. The third-order valence-corrected chi connectivity index (χ3v) is 3.95. The minimum atomic E-state index is -3.23. The highest BCUT2D eigenvalue weighted by molar-refractivity contribution is 7.92. The van der Waals surface area contributed by atoms with Gasteiger partial charge in [0.05, 0.1) is 0 Å². The summed E-state index contributed by atoms with van der Waals surface area (Å²) in [6.07, 6.45) is 0.707. The van der Waals surface area contributed by atoms with Crippen molar-refractivity contribution >= 4 is 15.7 Å². The molecule has 0 heterocycles. The molecule has 5 heteroatoms. The Kier molecular flexibility index (Phi) is 5.15. The van der Waals surface area contributed by atoms with E-state index in [4.69, 9.17) is 0 Å². The molecule has 1 rings (SSSR count). The fraction of sp³-hybridized carbons (Fsp3) is 0.417. The number of amides is 1. The van der Waals surface area contributed by atoms with Gasteiger partial charge in [-0.15, -0.1) is 0 Å². The van der Waals surface area contributed by atoms with Crippen LogP contribution in [0, 0.1) is 0 Å². The van der Waals surface area contributed by atoms with Crippen LogP contribution in [0.15, 0.2) is 30.3 Å². The van der Waals surface area contributed by atoms with Crippen molar-refractivity contribution in [1.82, 2.24) is 5.32 Å². The van der Waals surface area contributed by atoms with Crippen LogP contribution < -0.4 is 5.32 Å². The normalized spacial score (nSPS) is 11.1. The first kappa shape index (κ1) is 13.7. The SMILES string of the molecule is CCS(=O)(=O)CC(=O)NCCc1ccccc1. The Bertz CT molecular complexity index is 454. The van der Waals surface area contributed by atoms with E-state index >= 15 is 0 Å². The molecule has 0 spiro atoms. The molecule has 1 aromatic rings. The van der Waals surface area contributed by atoms with Gasteiger partial charge in [-0.3, -0.25) is 4.79 Å². The maximum atomic E-state index is 11.3. The zero-order valence-electron chi connectivity index (χ0n) is 9.85. The first-order chi connectivity index (χ1) is 8.03. The lowest BCUT2D eigenvalue weighted by Crippen LogP contribution is -2.32. The van der Waals surface area contributed by atoms with Gasteiger partial charge in [0, 0.05) is 12.3 Å². The van der Waals surface area contributed by atoms with Crippen LogP contribution in [-0.2, 0) is 21.1 Å². The molecule has 1 amide bonds. The van der Waals surface area contributed by atoms with Crippen LogP contribution in [0.5, 0.6) is 0 Å². The minimum Gasteiger partial charge on any atom is -0.355 e. The van der Waals surface area contributed by atoms with Gasteiger partial charge in [0.1, 0.15) is 5.75 Å². The Labute approximate surface area is 102 Å². The van der Waals surface area contributed by atoms with Gasteiger partial charge in [-0.05, 0) is 12.0 Å². The molecule has 1 aromatic carbocycles. The monoisotopic (exact) mass is 255 g/mol. The van der Waals surface area contributed by atoms with Crippen molar-refractivity contribution in [1.29, 1.82) is 0 Å². The van der Waals surface area contributed by atoms with Crippen LogP contribution in [0.1, 0.15) is 12.5 Å². The number of nitrogens with one attached hydrogen (secondary N) is 1. The van der Waals surface area contributed by atoms with Crippen molar-refractivity contribution in [3.63, 3.8) is 0 Å². The first-order valence-corrected chi connectivity index (χ1v) is 7.36. The van der Waals surface area contributed by atoms with Crippen molar-refractivity contribution in [3.8, 4) is 0 Å². The lowest BCUT2D eigenvalue weighted by atomic mass is 10.1. The molecule has 4 nitrogen and oxygen atoms in total. The lowest BCUT2D eigenvalue weighted by molar-refractivity contribution is -0.118. The van der Waals surface area contributed by atoms with Gasteiger partial charge < -0.3 is 5.32 Å². The van der Waals surface area contributed by atoms with Gasteiger partial charge >= 0.3 is 0 Å². The Balaban J connectivity index is 2.30. The average Bonchev–Trinajstić information content (AvgIpc) is 2.30. The van der Waals surface area contributed by atoms with E-state index in [9.17, 15) is 13.2 Å². The van der Waals surface area contributed by atoms with Crippen LogP contribution in [0.25, 0.3) is 0 Å². The molecule has 0 aliphatic carbocycles. The highest BCUT2D eigenvalue weighted by atomic mass is 32.2. The molecular weight excluding hydrogens is 238 g/mol. The summed E-state index contributed by atoms with van der Waals surface area (Å²) in [5.74, 6) is -0.847. The van der Waals surface area contributed by atoms with Crippen LogP contribution in [-0.4, -0.2) is 32.4 Å². The van der Waals surface area contributed by atoms with Crippen molar-refractivity contribution in [2.75, 3.05) is 18.1 Å². The van der Waals surface area contributed by atoms with E-state index < -0.39 is 21.5 Å². The van der Waals surface area contributed by atoms with Gasteiger partial charge in [-0.1, -0.05) is 37.3 Å². The molecule has 0 atom stereocenters. The zero-order chi connectivity index (χ0) is 12.7. The highest BCUT2D eigenvalue weighted by Gasteiger charge is 2.13. The van der Waals surface area contributed by atoms with Crippen molar-refractivity contribution in [2.24, 2.45) is 0 Å². The Hall–Kier alpha value is -1.36. The Morgan fingerprint density at radius 2 is 1.88 bits per heavy atom. The molecule has 1 N–H and O–H groups in total. The molecule has 94 valence electrons. The van der Waals surface area contributed by atoms with E-state index in [-0.39, 0.29) is 5.75 Å². The second-order valence-corrected chi connectivity index (χ2v) is 6.12. The van der Waals surface area contributed by atoms with E-state index in [0.717, 1.165) is 5.56 Å². The number of rotatable bonds is 6. The molecule has 0 fully saturated rings. The van der Waals surface area contributed by atoms with Gasteiger partial charge in [0.15, 0.2) is 9.84 Å². The molecule has 0 saturated carbocycles. The summed E-state index contributed by atoms with van der Waals surface area (Å²) in [5, 5.41) is 2.60. The highest BCUT2D eigenvalue weighted by Crippen LogP contribution is 1.98. The molecule has 0 radical (unpaired) electrons. The maximum absolute atomic E-state index is 11.3. The van der Waals surface area contributed by atoms with Crippen LogP contribution >= 0.6 is 0 Å². The molecule has 0 bridgehead atoms. The molecular formula is C12H17NO3S. The van der Waals surface area contributed by atoms with Crippen molar-refractivity contribution in [2.45, 2.75) is 13.3 Å². The summed E-state index contributed by atoms with van der Waals surface area (Å²) in [7, 11) is -3.23. The van der Waals surface area contributed by atoms with Crippen LogP contribution in [0.3, 0.4) is 0 Å². The topological polar surface area (TPSA) is 63.2 Å². The van der Waals surface area contributed by atoms with E-state index in [1.54, 1.807) is 0 Å². The third kappa shape index (κ3) is 5.49. The predicted molar refractivity (Wildman–Crippen MR) is 67.5 cm³/mol. The van der Waals surface area contributed by atoms with E-state index in [1.165, 1.54) is 6.92 Å².